The number of halogens is 2. The van der Waals surface area contributed by atoms with Gasteiger partial charge in [-0.3, -0.25) is 9.48 Å². The minimum atomic E-state index is -0.438. The number of benzene rings is 1. The molecule has 3 aromatic heterocycles. The second-order valence-electron chi connectivity index (χ2n) is 7.15. The topological polar surface area (TPSA) is 100 Å². The van der Waals surface area contributed by atoms with Crippen LogP contribution in [0.4, 0.5) is 10.1 Å². The number of anilines is 1. The maximum atomic E-state index is 13.3. The Hall–Kier alpha value is -3.66. The average Bonchev–Trinajstić information content (AvgIpc) is 3.41. The van der Waals surface area contributed by atoms with E-state index < -0.39 is 5.91 Å². The molecule has 4 aromatic rings. The van der Waals surface area contributed by atoms with Gasteiger partial charge in [0, 0.05) is 17.8 Å². The minimum absolute atomic E-state index is 0.0559. The largest absolute Gasteiger partial charge is 0.471 e. The molecule has 1 amide bonds. The first-order chi connectivity index (χ1) is 15.3. The van der Waals surface area contributed by atoms with Crippen molar-refractivity contribution in [1.82, 2.24) is 24.7 Å². The van der Waals surface area contributed by atoms with Gasteiger partial charge in [-0.2, -0.15) is 10.2 Å². The van der Waals surface area contributed by atoms with Crippen LogP contribution in [0.5, 0.6) is 5.75 Å². The Morgan fingerprint density at radius 1 is 1.31 bits per heavy atom. The third-order valence-electron chi connectivity index (χ3n) is 4.89. The fourth-order valence-corrected chi connectivity index (χ4v) is 3.37. The molecular weight excluding hydrogens is 439 g/mol. The van der Waals surface area contributed by atoms with Crippen molar-refractivity contribution in [2.24, 2.45) is 0 Å². The van der Waals surface area contributed by atoms with E-state index in [0.717, 1.165) is 0 Å². The summed E-state index contributed by atoms with van der Waals surface area (Å²) in [5.74, 6) is 0.0609. The van der Waals surface area contributed by atoms with Gasteiger partial charge >= 0.3 is 0 Å². The number of nitrogens with one attached hydrogen (secondary N) is 1. The molecule has 0 aliphatic carbocycles. The first-order valence-corrected chi connectivity index (χ1v) is 10.1. The van der Waals surface area contributed by atoms with Gasteiger partial charge in [0.25, 0.3) is 5.91 Å². The van der Waals surface area contributed by atoms with Gasteiger partial charge in [-0.1, -0.05) is 22.8 Å². The zero-order valence-corrected chi connectivity index (χ0v) is 18.4. The van der Waals surface area contributed by atoms with Crippen molar-refractivity contribution in [2.45, 2.75) is 34.0 Å². The van der Waals surface area contributed by atoms with Crippen molar-refractivity contribution < 1.29 is 18.4 Å². The van der Waals surface area contributed by atoms with Gasteiger partial charge in [-0.25, -0.2) is 9.07 Å². The number of nitrogens with zero attached hydrogens (tertiary/aromatic N) is 5. The van der Waals surface area contributed by atoms with Gasteiger partial charge in [-0.15, -0.1) is 0 Å². The van der Waals surface area contributed by atoms with Crippen LogP contribution in [-0.2, 0) is 13.3 Å². The quantitative estimate of drug-likeness (QED) is 0.447. The molecule has 9 nitrogen and oxygen atoms in total. The Labute approximate surface area is 187 Å². The highest BCUT2D eigenvalue weighted by Crippen LogP contribution is 2.23. The van der Waals surface area contributed by atoms with Crippen molar-refractivity contribution in [3.63, 3.8) is 0 Å². The van der Waals surface area contributed by atoms with Gasteiger partial charge in [0.2, 0.25) is 0 Å². The van der Waals surface area contributed by atoms with Crippen LogP contribution in [0, 0.1) is 26.6 Å². The standard InChI is InChI=1S/C21H20ClFN6O3/c1-12-19(13(2)29(26-12)11-31-17-6-4-5-16(23)7-17)25-21(30)20-18(14(3)32-27-20)10-28-9-15(22)8-24-28/h4-9H,10-11H2,1-3H3,(H,25,30). The van der Waals surface area contributed by atoms with E-state index in [0.29, 0.717) is 39.2 Å². The maximum absolute atomic E-state index is 13.3. The monoisotopic (exact) mass is 458 g/mol. The number of hydrogen-bond donors (Lipinski definition) is 1. The molecule has 1 N–H and O–H groups in total. The minimum Gasteiger partial charge on any atom is -0.471 e. The van der Waals surface area contributed by atoms with E-state index in [1.165, 1.54) is 18.3 Å². The van der Waals surface area contributed by atoms with E-state index in [2.05, 4.69) is 20.7 Å². The second-order valence-corrected chi connectivity index (χ2v) is 7.59. The van der Waals surface area contributed by atoms with E-state index in [4.69, 9.17) is 20.9 Å². The fraction of sp³-hybridized carbons (Fsp3) is 0.238. The molecule has 1 aromatic carbocycles. The summed E-state index contributed by atoms with van der Waals surface area (Å²) >= 11 is 5.92. The van der Waals surface area contributed by atoms with Gasteiger partial charge in [0.15, 0.2) is 12.4 Å². The summed E-state index contributed by atoms with van der Waals surface area (Å²) in [7, 11) is 0. The molecule has 0 atom stereocenters. The Bertz CT molecular complexity index is 1280. The molecule has 0 saturated heterocycles. The summed E-state index contributed by atoms with van der Waals surface area (Å²) in [5, 5.41) is 15.8. The molecule has 166 valence electrons. The lowest BCUT2D eigenvalue weighted by atomic mass is 10.1. The Balaban J connectivity index is 1.50. The number of hydrogen-bond acceptors (Lipinski definition) is 6. The third kappa shape index (κ3) is 4.50. The van der Waals surface area contributed by atoms with E-state index in [1.54, 1.807) is 48.5 Å². The first kappa shape index (κ1) is 21.6. The number of amides is 1. The molecule has 0 saturated carbocycles. The summed E-state index contributed by atoms with van der Waals surface area (Å²) in [6.07, 6.45) is 3.16. The average molecular weight is 459 g/mol. The fourth-order valence-electron chi connectivity index (χ4n) is 3.21. The summed E-state index contributed by atoms with van der Waals surface area (Å²) in [6, 6.07) is 5.84. The van der Waals surface area contributed by atoms with Crippen LogP contribution in [0.2, 0.25) is 5.02 Å². The Kier molecular flexibility index (Phi) is 5.95. The number of aromatic nitrogens is 5. The smallest absolute Gasteiger partial charge is 0.278 e. The van der Waals surface area contributed by atoms with E-state index in [1.807, 2.05) is 0 Å². The lowest BCUT2D eigenvalue weighted by Crippen LogP contribution is -2.17. The van der Waals surface area contributed by atoms with Crippen LogP contribution in [0.3, 0.4) is 0 Å². The molecular formula is C21H20ClFN6O3. The number of aryl methyl sites for hydroxylation is 2. The molecule has 0 unspecified atom stereocenters. The third-order valence-corrected chi connectivity index (χ3v) is 5.09. The van der Waals surface area contributed by atoms with Gasteiger partial charge in [0.05, 0.1) is 34.8 Å². The second kappa shape index (κ2) is 8.83. The molecule has 3 heterocycles. The van der Waals surface area contributed by atoms with Gasteiger partial charge in [0.1, 0.15) is 17.3 Å². The van der Waals surface area contributed by atoms with Crippen LogP contribution in [0.25, 0.3) is 0 Å². The first-order valence-electron chi connectivity index (χ1n) is 9.68. The van der Waals surface area contributed by atoms with Gasteiger partial charge < -0.3 is 14.6 Å². The Morgan fingerprint density at radius 2 is 2.12 bits per heavy atom. The normalized spacial score (nSPS) is 11.0. The molecule has 32 heavy (non-hydrogen) atoms. The van der Waals surface area contributed by atoms with Crippen LogP contribution >= 0.6 is 11.6 Å². The highest BCUT2D eigenvalue weighted by Gasteiger charge is 2.23. The highest BCUT2D eigenvalue weighted by molar-refractivity contribution is 6.30. The van der Waals surface area contributed by atoms with E-state index >= 15 is 0 Å². The van der Waals surface area contributed by atoms with Crippen molar-refractivity contribution in [3.05, 3.63) is 75.9 Å². The maximum Gasteiger partial charge on any atom is 0.278 e. The number of ether oxygens (including phenoxy) is 1. The molecule has 0 aliphatic heterocycles. The molecule has 11 heteroatoms. The van der Waals surface area contributed by atoms with E-state index in [9.17, 15) is 9.18 Å². The van der Waals surface area contributed by atoms with E-state index in [-0.39, 0.29) is 24.8 Å². The van der Waals surface area contributed by atoms with Crippen LogP contribution in [-0.4, -0.2) is 30.6 Å². The zero-order chi connectivity index (χ0) is 22.8. The van der Waals surface area contributed by atoms with Crippen LogP contribution < -0.4 is 10.1 Å². The molecule has 4 rings (SSSR count). The molecule has 0 bridgehead atoms. The van der Waals surface area contributed by atoms with Crippen molar-refractivity contribution in [3.8, 4) is 5.75 Å². The predicted molar refractivity (Wildman–Crippen MR) is 114 cm³/mol. The lowest BCUT2D eigenvalue weighted by Gasteiger charge is -2.09. The summed E-state index contributed by atoms with van der Waals surface area (Å²) in [6.45, 7) is 5.62. The molecule has 0 spiro atoms. The van der Waals surface area contributed by atoms with Crippen molar-refractivity contribution in [2.75, 3.05) is 5.32 Å². The summed E-state index contributed by atoms with van der Waals surface area (Å²) < 4.78 is 27.4. The zero-order valence-electron chi connectivity index (χ0n) is 17.6. The van der Waals surface area contributed by atoms with Crippen LogP contribution in [0.1, 0.15) is 33.2 Å². The number of carbonyl (C=O) groups excluding carboxylic acids is 1. The summed E-state index contributed by atoms with van der Waals surface area (Å²) in [4.78, 5) is 13.0. The lowest BCUT2D eigenvalue weighted by molar-refractivity contribution is 0.101. The molecule has 0 fully saturated rings. The van der Waals surface area contributed by atoms with Crippen molar-refractivity contribution >= 4 is 23.2 Å². The number of rotatable bonds is 7. The Morgan fingerprint density at radius 3 is 2.84 bits per heavy atom. The summed E-state index contributed by atoms with van der Waals surface area (Å²) in [5.41, 5.74) is 2.55. The highest BCUT2D eigenvalue weighted by atomic mass is 35.5. The van der Waals surface area contributed by atoms with Gasteiger partial charge in [-0.05, 0) is 32.9 Å². The SMILES string of the molecule is Cc1nn(COc2cccc(F)c2)c(C)c1NC(=O)c1noc(C)c1Cn1cc(Cl)cn1. The van der Waals surface area contributed by atoms with Crippen LogP contribution in [0.15, 0.2) is 41.2 Å². The number of carbonyl (C=O) groups is 1. The predicted octanol–water partition coefficient (Wildman–Crippen LogP) is 4.12. The van der Waals surface area contributed by atoms with Crippen molar-refractivity contribution in [1.29, 1.82) is 0 Å². The molecule has 0 radical (unpaired) electrons. The molecule has 0 aliphatic rings.